The Kier molecular flexibility index (Phi) is 6.45. The fourth-order valence-electron chi connectivity index (χ4n) is 3.43. The molecule has 4 aromatic rings. The number of thiophene rings is 1. The van der Waals surface area contributed by atoms with Gasteiger partial charge in [-0.3, -0.25) is 0 Å². The molecule has 4 rings (SSSR count). The summed E-state index contributed by atoms with van der Waals surface area (Å²) in [5.41, 5.74) is 0.116. The van der Waals surface area contributed by atoms with Gasteiger partial charge >= 0.3 is 6.11 Å². The van der Waals surface area contributed by atoms with Gasteiger partial charge in [0.15, 0.2) is 0 Å². The zero-order valence-corrected chi connectivity index (χ0v) is 18.9. The van der Waals surface area contributed by atoms with Crippen LogP contribution in [0.4, 0.5) is 26.3 Å². The van der Waals surface area contributed by atoms with E-state index in [1.54, 1.807) is 12.1 Å². The molecule has 8 heteroatoms. The summed E-state index contributed by atoms with van der Waals surface area (Å²) in [5, 5.41) is 0. The lowest BCUT2D eigenvalue weighted by Crippen LogP contribution is -2.25. The minimum atomic E-state index is -4.51. The Morgan fingerprint density at radius 2 is 1.26 bits per heavy atom. The van der Waals surface area contributed by atoms with E-state index in [9.17, 15) is 26.3 Å². The summed E-state index contributed by atoms with van der Waals surface area (Å²) in [7, 11) is 0. The van der Waals surface area contributed by atoms with Gasteiger partial charge in [-0.05, 0) is 54.3 Å². The first kappa shape index (κ1) is 23.9. The predicted molar refractivity (Wildman–Crippen MR) is 120 cm³/mol. The second kappa shape index (κ2) is 9.18. The van der Waals surface area contributed by atoms with Crippen LogP contribution in [0.2, 0.25) is 0 Å². The molecule has 0 amide bonds. The highest BCUT2D eigenvalue weighted by Gasteiger charge is 2.41. The van der Waals surface area contributed by atoms with Crippen LogP contribution < -0.4 is 4.74 Å². The number of hydrogen-bond acceptors (Lipinski definition) is 2. The Labute approximate surface area is 196 Å². The van der Waals surface area contributed by atoms with Crippen molar-refractivity contribution in [2.75, 3.05) is 0 Å². The maximum Gasteiger partial charge on any atom is 0.432 e. The Hall–Kier alpha value is -3.26. The van der Waals surface area contributed by atoms with Gasteiger partial charge in [-0.25, -0.2) is 17.6 Å². The molecule has 0 fully saturated rings. The molecule has 0 aliphatic carbocycles. The van der Waals surface area contributed by atoms with Gasteiger partial charge in [0, 0.05) is 27.5 Å². The van der Waals surface area contributed by atoms with Crippen molar-refractivity contribution in [1.82, 2.24) is 0 Å². The lowest BCUT2D eigenvalue weighted by atomic mass is 10.1. The van der Waals surface area contributed by atoms with E-state index in [1.807, 2.05) is 31.2 Å². The van der Waals surface area contributed by atoms with Crippen molar-refractivity contribution in [3.63, 3.8) is 0 Å². The third kappa shape index (κ3) is 4.68. The minimum Gasteiger partial charge on any atom is -0.429 e. The molecule has 1 nitrogen and oxygen atoms in total. The van der Waals surface area contributed by atoms with Crippen molar-refractivity contribution >= 4 is 11.3 Å². The maximum absolute atomic E-state index is 14.7. The molecule has 0 bridgehead atoms. The van der Waals surface area contributed by atoms with E-state index in [0.29, 0.717) is 17.0 Å². The summed E-state index contributed by atoms with van der Waals surface area (Å²) >= 11 is 1.26. The van der Waals surface area contributed by atoms with E-state index in [-0.39, 0.29) is 5.56 Å². The Bertz CT molecular complexity index is 1300. The van der Waals surface area contributed by atoms with Crippen molar-refractivity contribution in [3.05, 3.63) is 101 Å². The van der Waals surface area contributed by atoms with E-state index in [0.717, 1.165) is 35.9 Å². The van der Waals surface area contributed by atoms with Crippen molar-refractivity contribution in [3.8, 4) is 26.6 Å². The summed E-state index contributed by atoms with van der Waals surface area (Å²) in [6.45, 7) is 3.15. The van der Waals surface area contributed by atoms with Crippen LogP contribution in [0.15, 0.2) is 60.7 Å². The van der Waals surface area contributed by atoms with E-state index in [4.69, 9.17) is 0 Å². The van der Waals surface area contributed by atoms with Crippen LogP contribution in [0.1, 0.15) is 23.6 Å². The predicted octanol–water partition coefficient (Wildman–Crippen LogP) is 8.64. The first-order chi connectivity index (χ1) is 16.1. The summed E-state index contributed by atoms with van der Waals surface area (Å²) in [4.78, 5) is 1.32. The third-order valence-electron chi connectivity index (χ3n) is 5.37. The van der Waals surface area contributed by atoms with Gasteiger partial charge in [-0.2, -0.15) is 8.78 Å². The van der Waals surface area contributed by atoms with Crippen LogP contribution >= 0.6 is 11.3 Å². The van der Waals surface area contributed by atoms with Gasteiger partial charge in [0.2, 0.25) is 0 Å². The Morgan fingerprint density at radius 1 is 0.735 bits per heavy atom. The quantitative estimate of drug-likeness (QED) is 0.245. The summed E-state index contributed by atoms with van der Waals surface area (Å²) in [6.07, 6.45) is -3.62. The zero-order valence-electron chi connectivity index (χ0n) is 18.1. The number of aryl methyl sites for hydroxylation is 1. The summed E-state index contributed by atoms with van der Waals surface area (Å²) in [6, 6.07) is 13.9. The van der Waals surface area contributed by atoms with Crippen LogP contribution in [0.25, 0.3) is 20.9 Å². The average Bonchev–Trinajstić information content (AvgIpc) is 3.27. The van der Waals surface area contributed by atoms with E-state index < -0.39 is 46.3 Å². The lowest BCUT2D eigenvalue weighted by Gasteiger charge is -2.20. The molecule has 0 saturated carbocycles. The molecular formula is C26H18F6OS. The molecule has 0 N–H and O–H groups in total. The number of alkyl halides is 2. The SMILES string of the molecule is CCc1ccc(-c2ccc(-c3cc(F)c(C(F)(F)Oc4cc(F)c(C)c(F)c4)c(F)c3)s2)cc1. The van der Waals surface area contributed by atoms with Gasteiger partial charge in [-0.1, -0.05) is 31.2 Å². The van der Waals surface area contributed by atoms with Crippen molar-refractivity contribution in [2.45, 2.75) is 26.4 Å². The molecular weight excluding hydrogens is 474 g/mol. The van der Waals surface area contributed by atoms with Crippen molar-refractivity contribution in [2.24, 2.45) is 0 Å². The standard InChI is InChI=1S/C26H18F6OS/c1-3-15-4-6-16(7-5-15)23-8-9-24(34-23)17-10-21(29)25(22(30)11-17)26(31,32)33-18-12-19(27)14(2)20(28)13-18/h4-13H,3H2,1-2H3. The first-order valence-corrected chi connectivity index (χ1v) is 11.1. The highest BCUT2D eigenvalue weighted by molar-refractivity contribution is 7.18. The molecule has 0 unspecified atom stereocenters. The molecule has 0 spiro atoms. The number of halogens is 6. The number of benzene rings is 3. The van der Waals surface area contributed by atoms with Crippen LogP contribution in [-0.4, -0.2) is 0 Å². The van der Waals surface area contributed by atoms with Gasteiger partial charge < -0.3 is 4.74 Å². The molecule has 0 aliphatic rings. The smallest absolute Gasteiger partial charge is 0.429 e. The van der Waals surface area contributed by atoms with Crippen molar-refractivity contribution < 1.29 is 31.1 Å². The molecule has 34 heavy (non-hydrogen) atoms. The summed E-state index contributed by atoms with van der Waals surface area (Å²) in [5.74, 6) is -6.24. The number of hydrogen-bond donors (Lipinski definition) is 0. The van der Waals surface area contributed by atoms with Gasteiger partial charge in [0.1, 0.15) is 34.6 Å². The second-order valence-electron chi connectivity index (χ2n) is 7.66. The second-order valence-corrected chi connectivity index (χ2v) is 8.74. The average molecular weight is 492 g/mol. The molecule has 3 aromatic carbocycles. The Balaban J connectivity index is 1.64. The maximum atomic E-state index is 14.7. The molecule has 0 radical (unpaired) electrons. The van der Waals surface area contributed by atoms with Crippen LogP contribution in [0, 0.1) is 30.2 Å². The first-order valence-electron chi connectivity index (χ1n) is 10.3. The molecule has 176 valence electrons. The number of rotatable bonds is 6. The highest BCUT2D eigenvalue weighted by atomic mass is 32.1. The van der Waals surface area contributed by atoms with Gasteiger partial charge in [-0.15, -0.1) is 11.3 Å². The van der Waals surface area contributed by atoms with E-state index >= 15 is 0 Å². The minimum absolute atomic E-state index is 0.0726. The topological polar surface area (TPSA) is 9.23 Å². The lowest BCUT2D eigenvalue weighted by molar-refractivity contribution is -0.189. The molecule has 1 heterocycles. The monoisotopic (exact) mass is 492 g/mol. The third-order valence-corrected chi connectivity index (χ3v) is 6.55. The number of ether oxygens (including phenoxy) is 1. The van der Waals surface area contributed by atoms with E-state index in [2.05, 4.69) is 4.74 Å². The molecule has 0 saturated heterocycles. The van der Waals surface area contributed by atoms with Crippen LogP contribution in [0.5, 0.6) is 5.75 Å². The normalized spacial score (nSPS) is 11.6. The van der Waals surface area contributed by atoms with Gasteiger partial charge in [0.25, 0.3) is 0 Å². The fourth-order valence-corrected chi connectivity index (χ4v) is 4.43. The van der Waals surface area contributed by atoms with E-state index in [1.165, 1.54) is 16.9 Å². The molecule has 0 aliphatic heterocycles. The van der Waals surface area contributed by atoms with Crippen molar-refractivity contribution in [1.29, 1.82) is 0 Å². The van der Waals surface area contributed by atoms with Gasteiger partial charge in [0.05, 0.1) is 0 Å². The largest absolute Gasteiger partial charge is 0.432 e. The molecule has 1 aromatic heterocycles. The zero-order chi connectivity index (χ0) is 24.6. The van der Waals surface area contributed by atoms with Crippen LogP contribution in [-0.2, 0) is 12.5 Å². The Morgan fingerprint density at radius 3 is 1.79 bits per heavy atom. The molecule has 0 atom stereocenters. The van der Waals surface area contributed by atoms with Crippen LogP contribution in [0.3, 0.4) is 0 Å². The summed E-state index contributed by atoms with van der Waals surface area (Å²) < 4.78 is 90.2. The fraction of sp³-hybridized carbons (Fsp3) is 0.154. The highest BCUT2D eigenvalue weighted by Crippen LogP contribution is 2.40.